The molecule has 1 amide bonds. The van der Waals surface area contributed by atoms with Gasteiger partial charge in [0.2, 0.25) is 0 Å². The number of nitrogens with one attached hydrogen (secondary N) is 1. The van der Waals surface area contributed by atoms with Gasteiger partial charge >= 0.3 is 5.97 Å². The Morgan fingerprint density at radius 2 is 1.41 bits per heavy atom. The van der Waals surface area contributed by atoms with Crippen molar-refractivity contribution in [1.29, 1.82) is 0 Å². The zero-order chi connectivity index (χ0) is 28.6. The van der Waals surface area contributed by atoms with E-state index in [2.05, 4.69) is 76.3 Å². The second-order valence-corrected chi connectivity index (χ2v) is 10.7. The summed E-state index contributed by atoms with van der Waals surface area (Å²) in [6.45, 7) is 2.85. The molecule has 1 aromatic heterocycles. The number of benzene rings is 4. The summed E-state index contributed by atoms with van der Waals surface area (Å²) >= 11 is 1.62. The minimum atomic E-state index is -1.07. The van der Waals surface area contributed by atoms with Crippen LogP contribution in [0.4, 0.5) is 5.13 Å². The van der Waals surface area contributed by atoms with Crippen molar-refractivity contribution in [1.82, 2.24) is 10.3 Å². The summed E-state index contributed by atoms with van der Waals surface area (Å²) in [5.41, 5.74) is 7.08. The summed E-state index contributed by atoms with van der Waals surface area (Å²) < 4.78 is 0. The van der Waals surface area contributed by atoms with E-state index in [9.17, 15) is 9.59 Å². The Kier molecular flexibility index (Phi) is 8.86. The molecule has 1 unspecified atom stereocenters. The van der Waals surface area contributed by atoms with E-state index in [1.165, 1.54) is 23.6 Å². The van der Waals surface area contributed by atoms with E-state index >= 15 is 0 Å². The molecular weight excluding hydrogens is 530 g/mol. The number of carboxylic acids is 1. The average Bonchev–Trinajstić information content (AvgIpc) is 3.51. The molecule has 5 rings (SSSR count). The Bertz CT molecular complexity index is 1580. The van der Waals surface area contributed by atoms with Gasteiger partial charge in [0.25, 0.3) is 5.91 Å². The molecule has 5 aromatic rings. The second-order valence-electron chi connectivity index (χ2n) is 9.85. The first-order chi connectivity index (χ1) is 20.0. The largest absolute Gasteiger partial charge is 0.480 e. The molecule has 6 nitrogen and oxygen atoms in total. The van der Waals surface area contributed by atoms with Gasteiger partial charge in [-0.25, -0.2) is 4.98 Å². The third-order valence-electron chi connectivity index (χ3n) is 6.87. The van der Waals surface area contributed by atoms with Crippen LogP contribution in [-0.4, -0.2) is 34.6 Å². The first kappa shape index (κ1) is 27.8. The molecule has 0 saturated heterocycles. The molecular formula is C34H31N3O3S. The number of aromatic nitrogens is 1. The van der Waals surface area contributed by atoms with Crippen molar-refractivity contribution in [2.24, 2.45) is 0 Å². The fourth-order valence-electron chi connectivity index (χ4n) is 4.48. The highest BCUT2D eigenvalue weighted by Gasteiger charge is 2.17. The molecule has 206 valence electrons. The zero-order valence-electron chi connectivity index (χ0n) is 22.7. The monoisotopic (exact) mass is 561 g/mol. The number of carbonyl (C=O) groups is 2. The van der Waals surface area contributed by atoms with Gasteiger partial charge in [0.05, 0.1) is 5.69 Å². The van der Waals surface area contributed by atoms with Gasteiger partial charge in [-0.3, -0.25) is 9.59 Å². The van der Waals surface area contributed by atoms with Crippen molar-refractivity contribution in [3.8, 4) is 22.4 Å². The molecule has 0 radical (unpaired) electrons. The standard InChI is InChI=1S/C34H31N3O3S/c1-24(33(39)40)35-32(38)30-14-12-26(13-15-30)22-37(21-20-25-8-4-2-5-9-25)34-36-31(23-41-34)29-18-16-28(17-19-29)27-10-6-3-7-11-27/h2-19,23-24H,20-22H2,1H3,(H,35,38)(H,39,40). The van der Waals surface area contributed by atoms with Gasteiger partial charge in [0, 0.05) is 29.6 Å². The molecule has 0 aliphatic carbocycles. The summed E-state index contributed by atoms with van der Waals surface area (Å²) in [6, 6.07) is 35.5. The van der Waals surface area contributed by atoms with Crippen molar-refractivity contribution in [2.45, 2.75) is 25.9 Å². The second kappa shape index (κ2) is 13.1. The van der Waals surface area contributed by atoms with E-state index in [1.54, 1.807) is 23.5 Å². The summed E-state index contributed by atoms with van der Waals surface area (Å²) in [4.78, 5) is 30.8. The van der Waals surface area contributed by atoms with Gasteiger partial charge in [-0.15, -0.1) is 11.3 Å². The lowest BCUT2D eigenvalue weighted by molar-refractivity contribution is -0.138. The van der Waals surface area contributed by atoms with E-state index in [0.29, 0.717) is 12.1 Å². The van der Waals surface area contributed by atoms with Gasteiger partial charge in [-0.1, -0.05) is 97.1 Å². The predicted octanol–water partition coefficient (Wildman–Crippen LogP) is 6.93. The highest BCUT2D eigenvalue weighted by molar-refractivity contribution is 7.14. The summed E-state index contributed by atoms with van der Waals surface area (Å²) in [7, 11) is 0. The van der Waals surface area contributed by atoms with Crippen LogP contribution in [0, 0.1) is 0 Å². The van der Waals surface area contributed by atoms with E-state index < -0.39 is 17.9 Å². The number of carbonyl (C=O) groups excluding carboxylic acids is 1. The third kappa shape index (κ3) is 7.26. The van der Waals surface area contributed by atoms with Gasteiger partial charge in [0.15, 0.2) is 5.13 Å². The van der Waals surface area contributed by atoms with Crippen LogP contribution in [0.1, 0.15) is 28.4 Å². The van der Waals surface area contributed by atoms with Gasteiger partial charge in [-0.05, 0) is 47.7 Å². The van der Waals surface area contributed by atoms with Gasteiger partial charge < -0.3 is 15.3 Å². The molecule has 1 atom stereocenters. The van der Waals surface area contributed by atoms with E-state index in [0.717, 1.165) is 34.9 Å². The van der Waals surface area contributed by atoms with Crippen LogP contribution in [0.15, 0.2) is 115 Å². The smallest absolute Gasteiger partial charge is 0.325 e. The number of rotatable bonds is 11. The van der Waals surface area contributed by atoms with Crippen molar-refractivity contribution in [3.05, 3.63) is 131 Å². The van der Waals surface area contributed by atoms with Crippen molar-refractivity contribution < 1.29 is 14.7 Å². The first-order valence-electron chi connectivity index (χ1n) is 13.5. The van der Waals surface area contributed by atoms with Crippen molar-refractivity contribution >= 4 is 28.3 Å². The van der Waals surface area contributed by atoms with Gasteiger partial charge in [0.1, 0.15) is 6.04 Å². The highest BCUT2D eigenvalue weighted by atomic mass is 32.1. The van der Waals surface area contributed by atoms with Gasteiger partial charge in [-0.2, -0.15) is 0 Å². The van der Waals surface area contributed by atoms with Crippen LogP contribution in [0.25, 0.3) is 22.4 Å². The van der Waals surface area contributed by atoms with Crippen LogP contribution in [-0.2, 0) is 17.8 Å². The maximum absolute atomic E-state index is 12.4. The Morgan fingerprint density at radius 1 is 0.805 bits per heavy atom. The number of amides is 1. The minimum absolute atomic E-state index is 0.407. The van der Waals surface area contributed by atoms with E-state index in [1.807, 2.05) is 36.4 Å². The number of hydrogen-bond donors (Lipinski definition) is 2. The number of anilines is 1. The van der Waals surface area contributed by atoms with Crippen LogP contribution < -0.4 is 10.2 Å². The van der Waals surface area contributed by atoms with Crippen molar-refractivity contribution in [3.63, 3.8) is 0 Å². The molecule has 0 spiro atoms. The topological polar surface area (TPSA) is 82.5 Å². The molecule has 0 aliphatic rings. The van der Waals surface area contributed by atoms with Crippen molar-refractivity contribution in [2.75, 3.05) is 11.4 Å². The van der Waals surface area contributed by atoms with Crippen LogP contribution in [0.5, 0.6) is 0 Å². The molecule has 0 bridgehead atoms. The number of thiazole rings is 1. The maximum atomic E-state index is 12.4. The predicted molar refractivity (Wildman–Crippen MR) is 165 cm³/mol. The van der Waals surface area contributed by atoms with E-state index in [4.69, 9.17) is 10.1 Å². The molecule has 41 heavy (non-hydrogen) atoms. The molecule has 0 fully saturated rings. The average molecular weight is 562 g/mol. The molecule has 2 N–H and O–H groups in total. The zero-order valence-corrected chi connectivity index (χ0v) is 23.6. The minimum Gasteiger partial charge on any atom is -0.480 e. The SMILES string of the molecule is CC(NC(=O)c1ccc(CN(CCc2ccccc2)c2nc(-c3ccc(-c4ccccc4)cc3)cs2)cc1)C(=O)O. The van der Waals surface area contributed by atoms with Crippen LogP contribution in [0.2, 0.25) is 0 Å². The summed E-state index contributed by atoms with van der Waals surface area (Å²) in [5, 5.41) is 14.6. The Morgan fingerprint density at radius 3 is 2.07 bits per heavy atom. The Balaban J connectivity index is 1.33. The van der Waals surface area contributed by atoms with Crippen LogP contribution in [0.3, 0.4) is 0 Å². The lowest BCUT2D eigenvalue weighted by atomic mass is 10.0. The van der Waals surface area contributed by atoms with E-state index in [-0.39, 0.29) is 0 Å². The molecule has 0 saturated carbocycles. The quantitative estimate of drug-likeness (QED) is 0.183. The summed E-state index contributed by atoms with van der Waals surface area (Å²) in [5.74, 6) is -1.48. The lowest BCUT2D eigenvalue weighted by Crippen LogP contribution is -2.38. The number of hydrogen-bond acceptors (Lipinski definition) is 5. The molecule has 4 aromatic carbocycles. The Hall–Kier alpha value is -4.75. The van der Waals surface area contributed by atoms with Crippen LogP contribution >= 0.6 is 11.3 Å². The fourth-order valence-corrected chi connectivity index (χ4v) is 5.34. The first-order valence-corrected chi connectivity index (χ1v) is 14.4. The molecule has 7 heteroatoms. The normalized spacial score (nSPS) is 11.5. The molecule has 0 aliphatic heterocycles. The highest BCUT2D eigenvalue weighted by Crippen LogP contribution is 2.30. The molecule has 1 heterocycles. The summed E-state index contributed by atoms with van der Waals surface area (Å²) in [6.07, 6.45) is 0.870. The lowest BCUT2D eigenvalue weighted by Gasteiger charge is -2.22. The fraction of sp³-hybridized carbons (Fsp3) is 0.147. The number of aliphatic carboxylic acids is 1. The number of nitrogens with zero attached hydrogens (tertiary/aromatic N) is 2. The Labute approximate surface area is 244 Å². The third-order valence-corrected chi connectivity index (χ3v) is 7.77. The number of carboxylic acid groups (broad SMARTS) is 1. The maximum Gasteiger partial charge on any atom is 0.325 e.